The molecule has 7 aliphatic heterocycles. The Morgan fingerprint density at radius 2 is 0.841 bits per heavy atom. The summed E-state index contributed by atoms with van der Waals surface area (Å²) in [5, 5.41) is 15.5. The summed E-state index contributed by atoms with van der Waals surface area (Å²) >= 11 is 13.7. The number of piperidine rings is 5. The Kier molecular flexibility index (Phi) is 54.8. The number of rotatable bonds is 16. The molecule has 0 aromatic heterocycles. The molecule has 21 nitrogen and oxygen atoms in total. The van der Waals surface area contributed by atoms with E-state index in [0.717, 1.165) is 141 Å². The number of Topliss-reactive ketones (excluding diaryl/α,β-unsaturated/α-hetero) is 1. The fourth-order valence-corrected chi connectivity index (χ4v) is 17.0. The molecule has 132 heavy (non-hydrogen) atoms. The van der Waals surface area contributed by atoms with Gasteiger partial charge in [-0.1, -0.05) is 247 Å². The fraction of sp³-hybridized carbons (Fsp3) is 0.392. The fourth-order valence-electron chi connectivity index (χ4n) is 16.8. The number of carbonyl (C=O) groups excluding carboxylic acids is 8. The van der Waals surface area contributed by atoms with Gasteiger partial charge >= 0.3 is 52.9 Å². The largest absolute Gasteiger partial charge is 1.00 e. The number of halogens is 6. The smallest absolute Gasteiger partial charge is 0.550 e. The summed E-state index contributed by atoms with van der Waals surface area (Å²) in [6, 6.07) is 90.3. The number of carboxylic acids is 1. The minimum Gasteiger partial charge on any atom is -0.550 e. The summed E-state index contributed by atoms with van der Waals surface area (Å²) < 4.78 is 0. The van der Waals surface area contributed by atoms with Crippen molar-refractivity contribution in [2.45, 2.75) is 151 Å². The van der Waals surface area contributed by atoms with Gasteiger partial charge in [0.2, 0.25) is 23.0 Å². The molecule has 3 amide bonds. The number of nitrogens with two attached hydrogens (primary N) is 1. The zero-order chi connectivity index (χ0) is 94.3. The number of benzene rings is 9. The molecular formula is C102H128AlBCl6N10NaO11. The van der Waals surface area contributed by atoms with Gasteiger partial charge in [0.1, 0.15) is 11.7 Å². The maximum Gasteiger partial charge on any atom is 1.00 e. The Hall–Kier alpha value is -8.12. The second-order valence-electron chi connectivity index (χ2n) is 33.2. The van der Waals surface area contributed by atoms with Gasteiger partial charge < -0.3 is 41.0 Å². The quantitative estimate of drug-likeness (QED) is 0.0203. The predicted octanol–water partition coefficient (Wildman–Crippen LogP) is 14.9. The number of para-hydroxylation sites is 5. The monoisotopic (exact) mass is 1940 g/mol. The molecule has 0 saturated carbocycles. The van der Waals surface area contributed by atoms with Crippen LogP contribution >= 0.6 is 65.0 Å². The van der Waals surface area contributed by atoms with E-state index in [0.29, 0.717) is 66.8 Å². The van der Waals surface area contributed by atoms with Crippen molar-refractivity contribution >= 4 is 160 Å². The van der Waals surface area contributed by atoms with Crippen molar-refractivity contribution in [3.05, 3.63) is 294 Å². The summed E-state index contributed by atoms with van der Waals surface area (Å²) in [7, 11) is 14.8. The average Bonchev–Trinajstić information content (AvgIpc) is 1.38. The first-order valence-corrected chi connectivity index (χ1v) is 51.0. The van der Waals surface area contributed by atoms with Gasteiger partial charge in [0.15, 0.2) is 0 Å². The van der Waals surface area contributed by atoms with Crippen LogP contribution in [-0.4, -0.2) is 187 Å². The molecule has 7 heterocycles. The summed E-state index contributed by atoms with van der Waals surface area (Å²) in [6.45, 7) is 28.7. The van der Waals surface area contributed by atoms with Crippen molar-refractivity contribution in [1.82, 2.24) is 24.9 Å². The molecule has 1 unspecified atom stereocenters. The average molecular weight is 1940 g/mol. The van der Waals surface area contributed by atoms with E-state index in [9.17, 15) is 33.6 Å². The first-order valence-electron chi connectivity index (χ1n) is 44.3. The van der Waals surface area contributed by atoms with Crippen LogP contribution in [0.3, 0.4) is 0 Å². The number of alkyl halides is 2. The van der Waals surface area contributed by atoms with E-state index in [-0.39, 0.29) is 80.8 Å². The zero-order valence-corrected chi connectivity index (χ0v) is 85.1. The Balaban J connectivity index is 0.000000324. The molecule has 701 valence electrons. The Bertz CT molecular complexity index is 4840. The molecule has 9 atom stereocenters. The Labute approximate surface area is 839 Å². The number of nitrogens with zero attached hydrogens (tertiary/aromatic N) is 7. The van der Waals surface area contributed by atoms with Crippen molar-refractivity contribution in [3.63, 3.8) is 0 Å². The number of carbonyl (C=O) groups is 8. The van der Waals surface area contributed by atoms with Crippen LogP contribution in [0.25, 0.3) is 0 Å². The summed E-state index contributed by atoms with van der Waals surface area (Å²) in [4.78, 5) is 110. The SMILES string of the molecule is CC(=O)OOC(C)=O.CC(=O)[O-].CC1CN(Cc2ccccc2)CCC1=O.C[C@@H]1CN(Cc2ccccc2)CC[C@H]1N(C(=O)CCl)c1ccccc1.C[C@@H]1CN(Cc2ccccc2)CC[C@H]1N1C(=O)Cc2ccccc21.C[C@@H]1CN(Cc2ccccc2)CC[C@H]1Nc1ccccc1.C[C@@H]1CNCC[C@H]1N1C(=O)Cc2ccccc21.Nc1ccccc1.O=C(Cl)CCl.[B].[Cl][Al]([Cl])[Cl].[HH].[Na+]. The molecule has 0 bridgehead atoms. The molecule has 4 N–H and O–H groups in total. The van der Waals surface area contributed by atoms with Crippen LogP contribution in [-0.2, 0) is 87.2 Å². The van der Waals surface area contributed by atoms with Gasteiger partial charge in [0.05, 0.1) is 18.7 Å². The van der Waals surface area contributed by atoms with Crippen molar-refractivity contribution < 1.29 is 84.2 Å². The number of carboxylic acid groups (broad SMARTS) is 1. The molecule has 3 radical (unpaired) electrons. The molecule has 16 rings (SSSR count). The number of nitrogens with one attached hydrogen (secondary N) is 2. The van der Waals surface area contributed by atoms with Crippen LogP contribution in [0.4, 0.5) is 28.4 Å². The van der Waals surface area contributed by atoms with Crippen LogP contribution < -0.4 is 65.7 Å². The van der Waals surface area contributed by atoms with E-state index in [4.69, 9.17) is 80.6 Å². The third-order valence-electron chi connectivity index (χ3n) is 22.8. The van der Waals surface area contributed by atoms with Gasteiger partial charge in [0.25, 0.3) is 0 Å². The second kappa shape index (κ2) is 63.2. The Morgan fingerprint density at radius 1 is 0.485 bits per heavy atom. The van der Waals surface area contributed by atoms with Crippen LogP contribution in [0.1, 0.15) is 122 Å². The third-order valence-corrected chi connectivity index (χ3v) is 23.6. The maximum absolute atomic E-state index is 12.6. The number of aliphatic carboxylic acids is 1. The van der Waals surface area contributed by atoms with E-state index in [1.807, 2.05) is 114 Å². The van der Waals surface area contributed by atoms with E-state index >= 15 is 0 Å². The van der Waals surface area contributed by atoms with E-state index in [2.05, 4.69) is 236 Å². The molecule has 7 aliphatic rings. The zero-order valence-electron chi connectivity index (χ0n) is 77.4. The number of likely N-dealkylation sites (tertiary alicyclic amines) is 4. The van der Waals surface area contributed by atoms with Gasteiger partial charge in [-0.15, -0.1) is 23.2 Å². The van der Waals surface area contributed by atoms with E-state index in [1.54, 1.807) is 0 Å². The molecule has 5 saturated heterocycles. The van der Waals surface area contributed by atoms with Crippen molar-refractivity contribution in [1.29, 1.82) is 0 Å². The number of hydrogen-bond acceptors (Lipinski definition) is 18. The van der Waals surface area contributed by atoms with Crippen molar-refractivity contribution in [2.24, 2.45) is 29.6 Å². The number of amides is 3. The van der Waals surface area contributed by atoms with Crippen molar-refractivity contribution in [3.8, 4) is 0 Å². The van der Waals surface area contributed by atoms with Gasteiger partial charge in [0, 0.05) is 173 Å². The predicted molar refractivity (Wildman–Crippen MR) is 537 cm³/mol. The summed E-state index contributed by atoms with van der Waals surface area (Å²) in [5.74, 6) is 0.787. The van der Waals surface area contributed by atoms with Crippen molar-refractivity contribution in [2.75, 3.05) is 103 Å². The van der Waals surface area contributed by atoms with E-state index in [1.165, 1.54) is 58.6 Å². The van der Waals surface area contributed by atoms with Gasteiger partial charge in [-0.05, 0) is 163 Å². The first-order chi connectivity index (χ1) is 62.5. The number of hydrogen-bond donors (Lipinski definition) is 3. The van der Waals surface area contributed by atoms with Gasteiger partial charge in [-0.2, -0.15) is 0 Å². The Morgan fingerprint density at radius 3 is 1.20 bits per heavy atom. The normalized spacial score (nSPS) is 19.9. The van der Waals surface area contributed by atoms with Gasteiger partial charge in [-0.3, -0.25) is 43.6 Å². The second-order valence-corrected chi connectivity index (χ2v) is 40.6. The first kappa shape index (κ1) is 114. The third kappa shape index (κ3) is 42.0. The minimum atomic E-state index is -1.72. The molecule has 9 aromatic rings. The van der Waals surface area contributed by atoms with Crippen LogP contribution in [0.2, 0.25) is 0 Å². The van der Waals surface area contributed by atoms with Crippen LogP contribution in [0, 0.1) is 29.6 Å². The number of nitrogen functional groups attached to an aromatic ring is 1. The number of ketones is 1. The number of fused-ring (bicyclic) bond motifs is 2. The molecular weight excluding hydrogens is 1810 g/mol. The molecule has 0 aliphatic carbocycles. The van der Waals surface area contributed by atoms with Crippen LogP contribution in [0.15, 0.2) is 261 Å². The topological polar surface area (TPSA) is 251 Å². The molecule has 9 aromatic carbocycles. The molecule has 30 heteroatoms. The minimum absolute atomic E-state index is 0. The molecule has 5 fully saturated rings. The van der Waals surface area contributed by atoms with E-state index < -0.39 is 34.5 Å². The summed E-state index contributed by atoms with van der Waals surface area (Å²) in [5.41, 5.74) is 18.5. The maximum atomic E-state index is 12.6. The van der Waals surface area contributed by atoms with Crippen LogP contribution in [0.5, 0.6) is 0 Å². The van der Waals surface area contributed by atoms with Gasteiger partial charge in [-0.25, -0.2) is 49.5 Å². The standard InChI is InChI=1S/C21H25ClN2O.C21H24N2O.C19H24N2.C14H18N2O.C13H17NO.C6H7N.C4H6O4.C2H2Cl2O.C2H4O2.Al.B.3ClH.Na.H2/c1-17-15-23(16-18-8-4-2-5-9-18)13-12-20(17)24(21(25)14-22)19-10-6-3-7-11-19;1-16-14-22(15-17-7-3-2-4-8-17)12-11-19(16)23-20-10-6-5-9-18(20)13-21(23)24;1-16-14-21(15-17-8-4-2-5-9-17)13-12-19(16)20-18-10-6-3-7-11-18;1-10-9-15-7-6-12(10)16-13-5-3-2-4-11(13)8-14(16)17;1-11-9-14(8-7-13(11)15)10-12-5-3-2-4-6-12;7-6-4-2-1-3-5-6;1-3(5)7-8-4(2)6;3-1-2(4)5;1-2(3)4;;;;;;;/h2-11,17,20H,12-16H2,1H3;2-10,16,19H,11-15H2,1H3;2-11,16,19-20H,12-15H2,1H3;2-5,10,12,15H,6-9H2,1H3;2-6,11H,7-10H2,1H3;1-5H,7H2;1-2H3;1H2;1H3,(H,3,4);;;3*1H;;1H/q;;;;;;;;;+3;;;;;+1;/p-4/t17-,20-;2*16-,19-;10-,12-;;;;;;;;;;;;/m1111............/s1. The number of anilines is 5. The summed E-state index contributed by atoms with van der Waals surface area (Å²) in [6.07, 6.45) is 6.14. The molecule has 0 spiro atoms.